The summed E-state index contributed by atoms with van der Waals surface area (Å²) in [5.41, 5.74) is 2.13. The largest absolute Gasteiger partial charge is 0.493 e. The van der Waals surface area contributed by atoms with Crippen molar-refractivity contribution in [3.8, 4) is 11.5 Å². The summed E-state index contributed by atoms with van der Waals surface area (Å²) >= 11 is 0. The third-order valence-corrected chi connectivity index (χ3v) is 6.25. The monoisotopic (exact) mass is 422 g/mol. The van der Waals surface area contributed by atoms with Gasteiger partial charge in [-0.15, -0.1) is 0 Å². The van der Waals surface area contributed by atoms with Gasteiger partial charge in [-0.05, 0) is 42.5 Å². The van der Waals surface area contributed by atoms with Crippen molar-refractivity contribution >= 4 is 11.8 Å². The number of nitrogens with zero attached hydrogens (tertiary/aromatic N) is 1. The van der Waals surface area contributed by atoms with E-state index in [-0.39, 0.29) is 29.6 Å². The van der Waals surface area contributed by atoms with Crippen LogP contribution in [0.4, 0.5) is 0 Å². The smallest absolute Gasteiger partial charge is 0.225 e. The van der Waals surface area contributed by atoms with Gasteiger partial charge in [0.05, 0.1) is 20.1 Å². The second-order valence-corrected chi connectivity index (χ2v) is 8.46. The maximum atomic E-state index is 13.0. The number of piperidine rings is 1. The lowest BCUT2D eigenvalue weighted by Crippen LogP contribution is -2.48. The summed E-state index contributed by atoms with van der Waals surface area (Å²) in [5, 5.41) is 3.06. The number of carbonyl (C=O) groups excluding carboxylic acids is 2. The average Bonchev–Trinajstić information content (AvgIpc) is 3.67. The Bertz CT molecular complexity index is 926. The van der Waals surface area contributed by atoms with Crippen LogP contribution in [0.25, 0.3) is 0 Å². The van der Waals surface area contributed by atoms with Gasteiger partial charge in [0.2, 0.25) is 11.8 Å². The third kappa shape index (κ3) is 5.01. The summed E-state index contributed by atoms with van der Waals surface area (Å²) in [6.07, 6.45) is 2.62. The molecular formula is C25H30N2O4. The normalized spacial score (nSPS) is 20.8. The van der Waals surface area contributed by atoms with Crippen LogP contribution in [-0.4, -0.2) is 44.0 Å². The zero-order valence-electron chi connectivity index (χ0n) is 18.2. The van der Waals surface area contributed by atoms with Crippen molar-refractivity contribution < 1.29 is 19.1 Å². The fourth-order valence-electron chi connectivity index (χ4n) is 4.34. The lowest BCUT2D eigenvalue weighted by molar-refractivity contribution is -0.137. The molecular weight excluding hydrogens is 392 g/mol. The van der Waals surface area contributed by atoms with E-state index in [0.717, 1.165) is 24.0 Å². The van der Waals surface area contributed by atoms with E-state index in [1.165, 1.54) is 0 Å². The number of nitrogens with one attached hydrogen (secondary N) is 1. The first-order chi connectivity index (χ1) is 15.1. The molecule has 4 rings (SSSR count). The Morgan fingerprint density at radius 1 is 0.968 bits per heavy atom. The van der Waals surface area contributed by atoms with E-state index in [9.17, 15) is 9.59 Å². The molecule has 2 amide bonds. The zero-order valence-corrected chi connectivity index (χ0v) is 18.2. The molecule has 2 aromatic rings. The summed E-state index contributed by atoms with van der Waals surface area (Å²) < 4.78 is 10.8. The number of rotatable bonds is 7. The molecule has 0 spiro atoms. The topological polar surface area (TPSA) is 67.9 Å². The first kappa shape index (κ1) is 21.2. The summed E-state index contributed by atoms with van der Waals surface area (Å²) in [7, 11) is 3.23. The number of ether oxygens (including phenoxy) is 2. The molecule has 0 radical (unpaired) electrons. The molecule has 164 valence electrons. The highest BCUT2D eigenvalue weighted by molar-refractivity contribution is 5.83. The molecule has 1 aliphatic carbocycles. The number of hydrogen-bond acceptors (Lipinski definition) is 4. The molecule has 2 fully saturated rings. The number of benzene rings is 2. The van der Waals surface area contributed by atoms with Crippen molar-refractivity contribution in [2.75, 3.05) is 27.3 Å². The average molecular weight is 423 g/mol. The van der Waals surface area contributed by atoms with E-state index in [1.807, 2.05) is 53.4 Å². The van der Waals surface area contributed by atoms with Gasteiger partial charge in [0, 0.05) is 31.5 Å². The van der Waals surface area contributed by atoms with Gasteiger partial charge in [-0.1, -0.05) is 36.4 Å². The highest BCUT2D eigenvalue weighted by atomic mass is 16.5. The molecule has 1 saturated heterocycles. The lowest BCUT2D eigenvalue weighted by atomic mass is 9.83. The molecule has 0 bridgehead atoms. The summed E-state index contributed by atoms with van der Waals surface area (Å²) in [6.45, 7) is 1.61. The molecule has 1 heterocycles. The third-order valence-electron chi connectivity index (χ3n) is 6.25. The van der Waals surface area contributed by atoms with Gasteiger partial charge in [-0.3, -0.25) is 9.59 Å². The molecule has 6 nitrogen and oxygen atoms in total. The van der Waals surface area contributed by atoms with Crippen LogP contribution in [0.5, 0.6) is 11.5 Å². The lowest BCUT2D eigenvalue weighted by Gasteiger charge is -2.37. The second-order valence-electron chi connectivity index (χ2n) is 8.46. The zero-order chi connectivity index (χ0) is 21.8. The molecule has 2 atom stereocenters. The van der Waals surface area contributed by atoms with Crippen molar-refractivity contribution in [3.63, 3.8) is 0 Å². The Morgan fingerprint density at radius 2 is 1.71 bits per heavy atom. The molecule has 6 heteroatoms. The number of carbonyl (C=O) groups is 2. The first-order valence-corrected chi connectivity index (χ1v) is 10.9. The van der Waals surface area contributed by atoms with Crippen LogP contribution in [0.3, 0.4) is 0 Å². The van der Waals surface area contributed by atoms with E-state index in [2.05, 4.69) is 5.32 Å². The van der Waals surface area contributed by atoms with Crippen LogP contribution in [0.15, 0.2) is 48.5 Å². The molecule has 1 N–H and O–H groups in total. The van der Waals surface area contributed by atoms with Crippen molar-refractivity contribution in [1.82, 2.24) is 10.2 Å². The Hall–Kier alpha value is -3.02. The second kappa shape index (κ2) is 9.41. The SMILES string of the molecule is COc1ccc([C@H]2C[C@H](C(=O)NCc3ccccc3)CN(C(=O)C3CC3)C2)cc1OC. The quantitative estimate of drug-likeness (QED) is 0.743. The fraction of sp³-hybridized carbons (Fsp3) is 0.440. The van der Waals surface area contributed by atoms with Crippen molar-refractivity contribution in [3.05, 3.63) is 59.7 Å². The van der Waals surface area contributed by atoms with Gasteiger partial charge in [-0.25, -0.2) is 0 Å². The number of methoxy groups -OCH3 is 2. The van der Waals surface area contributed by atoms with E-state index in [4.69, 9.17) is 9.47 Å². The Kier molecular flexibility index (Phi) is 6.44. The molecule has 1 saturated carbocycles. The van der Waals surface area contributed by atoms with Gasteiger partial charge < -0.3 is 19.7 Å². The van der Waals surface area contributed by atoms with Crippen LogP contribution in [-0.2, 0) is 16.1 Å². The minimum absolute atomic E-state index is 0.00243. The van der Waals surface area contributed by atoms with Crippen LogP contribution < -0.4 is 14.8 Å². The predicted octanol–water partition coefficient (Wildman–Crippen LogP) is 3.36. The maximum absolute atomic E-state index is 13.0. The van der Waals surface area contributed by atoms with E-state index in [1.54, 1.807) is 14.2 Å². The van der Waals surface area contributed by atoms with Gasteiger partial charge in [0.1, 0.15) is 0 Å². The summed E-state index contributed by atoms with van der Waals surface area (Å²) in [4.78, 5) is 27.8. The van der Waals surface area contributed by atoms with Gasteiger partial charge in [-0.2, -0.15) is 0 Å². The minimum atomic E-state index is -0.238. The summed E-state index contributed by atoms with van der Waals surface area (Å²) in [6, 6.07) is 15.7. The standard InChI is InChI=1S/C25H30N2O4/c1-30-22-11-10-19(13-23(22)31-2)20-12-21(16-27(15-20)25(29)18-8-9-18)24(28)26-14-17-6-4-3-5-7-17/h3-7,10-11,13,18,20-21H,8-9,12,14-16H2,1-2H3,(H,26,28)/t20-,21-/m0/s1. The molecule has 31 heavy (non-hydrogen) atoms. The molecule has 2 aliphatic rings. The summed E-state index contributed by atoms with van der Waals surface area (Å²) in [5.74, 6) is 1.49. The van der Waals surface area contributed by atoms with Gasteiger partial charge in [0.25, 0.3) is 0 Å². The minimum Gasteiger partial charge on any atom is -0.493 e. The fourth-order valence-corrected chi connectivity index (χ4v) is 4.34. The van der Waals surface area contributed by atoms with Crippen LogP contribution in [0, 0.1) is 11.8 Å². The highest BCUT2D eigenvalue weighted by Gasteiger charge is 2.39. The predicted molar refractivity (Wildman–Crippen MR) is 118 cm³/mol. The number of hydrogen-bond donors (Lipinski definition) is 1. The highest BCUT2D eigenvalue weighted by Crippen LogP contribution is 2.38. The van der Waals surface area contributed by atoms with Crippen molar-refractivity contribution in [1.29, 1.82) is 0 Å². The van der Waals surface area contributed by atoms with Gasteiger partial charge in [0.15, 0.2) is 11.5 Å². The first-order valence-electron chi connectivity index (χ1n) is 10.9. The molecule has 1 aliphatic heterocycles. The van der Waals surface area contributed by atoms with Crippen LogP contribution >= 0.6 is 0 Å². The van der Waals surface area contributed by atoms with Gasteiger partial charge >= 0.3 is 0 Å². The Morgan fingerprint density at radius 3 is 2.39 bits per heavy atom. The van der Waals surface area contributed by atoms with Crippen LogP contribution in [0.2, 0.25) is 0 Å². The molecule has 0 unspecified atom stereocenters. The van der Waals surface area contributed by atoms with Crippen molar-refractivity contribution in [2.24, 2.45) is 11.8 Å². The van der Waals surface area contributed by atoms with E-state index >= 15 is 0 Å². The maximum Gasteiger partial charge on any atom is 0.225 e. The van der Waals surface area contributed by atoms with Crippen LogP contribution in [0.1, 0.15) is 36.3 Å². The molecule has 2 aromatic carbocycles. The van der Waals surface area contributed by atoms with E-state index in [0.29, 0.717) is 37.6 Å². The van der Waals surface area contributed by atoms with E-state index < -0.39 is 0 Å². The molecule has 0 aromatic heterocycles. The Labute approximate surface area is 183 Å². The number of amides is 2. The Balaban J connectivity index is 1.51. The van der Waals surface area contributed by atoms with Crippen molar-refractivity contribution in [2.45, 2.75) is 31.7 Å². The number of likely N-dealkylation sites (tertiary alicyclic amines) is 1.